The van der Waals surface area contributed by atoms with E-state index in [4.69, 9.17) is 0 Å². The van der Waals surface area contributed by atoms with Gasteiger partial charge < -0.3 is 41.1 Å². The fourth-order valence-electron chi connectivity index (χ4n) is 4.66. The third kappa shape index (κ3) is 16.7. The number of nitrogens with zero attached hydrogens (tertiary/aromatic N) is 2. The fraction of sp³-hybridized carbons (Fsp3) is 0.645. The summed E-state index contributed by atoms with van der Waals surface area (Å²) in [6.07, 6.45) is 9.60. The number of methoxy groups -OCH3 is 1. The zero-order valence-corrected chi connectivity index (χ0v) is 27.6. The molecular formula is C31H51N7O8. The molecule has 0 unspecified atom stereocenters. The number of amides is 6. The summed E-state index contributed by atoms with van der Waals surface area (Å²) in [5, 5.41) is 12.2. The van der Waals surface area contributed by atoms with Crippen LogP contribution in [0.4, 0.5) is 0 Å². The highest BCUT2D eigenvalue weighted by atomic mass is 16.5. The number of hydrogen-bond acceptors (Lipinski definition) is 9. The molecule has 1 aliphatic heterocycles. The maximum Gasteiger partial charge on any atom is 0.325 e. The Hall–Kier alpha value is -4.27. The minimum atomic E-state index is -0.634. The lowest BCUT2D eigenvalue weighted by atomic mass is 10.0. The second kappa shape index (κ2) is 23.1. The quantitative estimate of drug-likeness (QED) is 0.0852. The maximum absolute atomic E-state index is 12.8. The highest BCUT2D eigenvalue weighted by Crippen LogP contribution is 2.23. The van der Waals surface area contributed by atoms with Crippen molar-refractivity contribution in [3.05, 3.63) is 23.9 Å². The molecule has 1 heterocycles. The van der Waals surface area contributed by atoms with Crippen molar-refractivity contribution in [1.29, 1.82) is 0 Å². The Morgan fingerprint density at radius 3 is 1.80 bits per heavy atom. The number of allylic oxidation sites excluding steroid dienone is 3. The molecule has 1 rings (SSSR count). The van der Waals surface area contributed by atoms with E-state index in [2.05, 4.69) is 49.2 Å². The van der Waals surface area contributed by atoms with Crippen molar-refractivity contribution in [2.24, 2.45) is 0 Å². The molecule has 15 heteroatoms. The summed E-state index contributed by atoms with van der Waals surface area (Å²) < 4.78 is 4.38. The summed E-state index contributed by atoms with van der Waals surface area (Å²) >= 11 is 0. The van der Waals surface area contributed by atoms with E-state index in [9.17, 15) is 33.6 Å². The van der Waals surface area contributed by atoms with Crippen LogP contribution >= 0.6 is 0 Å². The Bertz CT molecular complexity index is 1100. The molecule has 1 aliphatic rings. The number of likely N-dealkylation sites (tertiary alicyclic amines) is 1. The van der Waals surface area contributed by atoms with E-state index in [0.29, 0.717) is 25.9 Å². The minimum Gasteiger partial charge on any atom is -0.468 e. The van der Waals surface area contributed by atoms with E-state index >= 15 is 0 Å². The highest BCUT2D eigenvalue weighted by Gasteiger charge is 2.28. The second-order valence-corrected chi connectivity index (χ2v) is 10.6. The van der Waals surface area contributed by atoms with Crippen LogP contribution in [0.1, 0.15) is 65.7 Å². The molecule has 0 atom stereocenters. The molecule has 15 nitrogen and oxygen atoms in total. The molecule has 1 fully saturated rings. The van der Waals surface area contributed by atoms with E-state index in [0.717, 1.165) is 38.0 Å². The molecule has 0 aromatic heterocycles. The molecule has 6 amide bonds. The van der Waals surface area contributed by atoms with Gasteiger partial charge in [-0.1, -0.05) is 26.0 Å². The number of carbonyl (C=O) groups is 7. The summed E-state index contributed by atoms with van der Waals surface area (Å²) in [5.74, 6) is -2.90. The van der Waals surface area contributed by atoms with Gasteiger partial charge in [0.25, 0.3) is 0 Å². The van der Waals surface area contributed by atoms with E-state index in [1.165, 1.54) is 7.11 Å². The zero-order valence-electron chi connectivity index (χ0n) is 27.6. The van der Waals surface area contributed by atoms with Gasteiger partial charge in [0.15, 0.2) is 0 Å². The number of carbonyl (C=O) groups excluding carboxylic acids is 7. The number of nitrogens with one attached hydrogen (secondary N) is 5. The Balaban J connectivity index is 2.21. The van der Waals surface area contributed by atoms with Gasteiger partial charge in [-0.05, 0) is 38.7 Å². The van der Waals surface area contributed by atoms with E-state index < -0.39 is 36.1 Å². The lowest BCUT2D eigenvalue weighted by molar-refractivity contribution is -0.141. The molecule has 0 saturated carbocycles. The van der Waals surface area contributed by atoms with Gasteiger partial charge in [0.05, 0.1) is 26.7 Å². The van der Waals surface area contributed by atoms with Crippen LogP contribution in [-0.4, -0.2) is 117 Å². The summed E-state index contributed by atoms with van der Waals surface area (Å²) in [4.78, 5) is 87.4. The molecule has 0 aliphatic carbocycles. The number of ether oxygens (including phenoxy) is 1. The van der Waals surface area contributed by atoms with Gasteiger partial charge in [0.1, 0.15) is 6.54 Å². The third-order valence-corrected chi connectivity index (χ3v) is 7.08. The van der Waals surface area contributed by atoms with Gasteiger partial charge >= 0.3 is 5.97 Å². The van der Waals surface area contributed by atoms with Gasteiger partial charge in [-0.3, -0.25) is 33.6 Å². The smallest absolute Gasteiger partial charge is 0.325 e. The van der Waals surface area contributed by atoms with Crippen LogP contribution in [0.3, 0.4) is 0 Å². The molecule has 0 radical (unpaired) electrons. The summed E-state index contributed by atoms with van der Waals surface area (Å²) in [7, 11) is 1.18. The van der Waals surface area contributed by atoms with Crippen LogP contribution in [0.2, 0.25) is 0 Å². The Morgan fingerprint density at radius 1 is 0.783 bits per heavy atom. The summed E-state index contributed by atoms with van der Waals surface area (Å²) in [6.45, 7) is 7.28. The van der Waals surface area contributed by atoms with Gasteiger partial charge in [-0.25, -0.2) is 0 Å². The highest BCUT2D eigenvalue weighted by molar-refractivity contribution is 5.90. The molecule has 0 aromatic carbocycles. The minimum absolute atomic E-state index is 0.0596. The Kier molecular flexibility index (Phi) is 20.0. The van der Waals surface area contributed by atoms with Crippen LogP contribution in [0.5, 0.6) is 0 Å². The average Bonchev–Trinajstić information content (AvgIpc) is 3.05. The monoisotopic (exact) mass is 649 g/mol. The summed E-state index contributed by atoms with van der Waals surface area (Å²) in [6, 6.07) is 0.148. The number of piperidine rings is 1. The topological polar surface area (TPSA) is 195 Å². The average molecular weight is 650 g/mol. The standard InChI is InChI=1S/C31H51N7O8/c1-5-9-23(10-6-2)38(30(44)7-3)24-13-16-37(17-14-24)18-15-32-25(39)11-8-12-26(40)33-19-27(41)34-20-28(42)35-21-29(43)36-22-31(45)46-4/h5,9-10,24H,6-8,11-22H2,1-4H3,(H,32,39)(H,33,40)(H,34,41)(H,35,42)(H,36,43)/b9-5-,23-10+. The van der Waals surface area contributed by atoms with Crippen molar-refractivity contribution < 1.29 is 38.3 Å². The van der Waals surface area contributed by atoms with Gasteiger partial charge in [-0.15, -0.1) is 0 Å². The maximum atomic E-state index is 12.8. The number of esters is 1. The van der Waals surface area contributed by atoms with Crippen molar-refractivity contribution in [1.82, 2.24) is 36.4 Å². The van der Waals surface area contributed by atoms with Gasteiger partial charge in [0.2, 0.25) is 35.4 Å². The zero-order chi connectivity index (χ0) is 34.3. The lowest BCUT2D eigenvalue weighted by Crippen LogP contribution is -2.48. The van der Waals surface area contributed by atoms with E-state index in [1.54, 1.807) is 0 Å². The van der Waals surface area contributed by atoms with Crippen molar-refractivity contribution in [3.63, 3.8) is 0 Å². The second-order valence-electron chi connectivity index (χ2n) is 10.6. The van der Waals surface area contributed by atoms with Crippen molar-refractivity contribution in [2.45, 2.75) is 71.8 Å². The van der Waals surface area contributed by atoms with Gasteiger partial charge in [-0.2, -0.15) is 0 Å². The van der Waals surface area contributed by atoms with Crippen LogP contribution in [-0.2, 0) is 38.3 Å². The van der Waals surface area contributed by atoms with Crippen molar-refractivity contribution >= 4 is 41.4 Å². The SMILES string of the molecule is C/C=C\C(=C/CC)N(C(=O)CC)C1CCN(CCNC(=O)CCCC(=O)NCC(=O)NCC(=O)NCC(=O)NCC(=O)OC)CC1. The molecule has 1 saturated heterocycles. The molecule has 0 spiro atoms. The predicted molar refractivity (Wildman–Crippen MR) is 171 cm³/mol. The van der Waals surface area contributed by atoms with Crippen LogP contribution in [0, 0.1) is 0 Å². The molecule has 0 bridgehead atoms. The normalized spacial score (nSPS) is 13.9. The van der Waals surface area contributed by atoms with Crippen molar-refractivity contribution in [2.75, 3.05) is 59.5 Å². The molecular weight excluding hydrogens is 598 g/mol. The van der Waals surface area contributed by atoms with Crippen LogP contribution in [0.25, 0.3) is 0 Å². The predicted octanol–water partition coefficient (Wildman–Crippen LogP) is -0.516. The molecule has 5 N–H and O–H groups in total. The first-order valence-corrected chi connectivity index (χ1v) is 15.8. The first kappa shape index (κ1) is 39.8. The lowest BCUT2D eigenvalue weighted by Gasteiger charge is -2.39. The van der Waals surface area contributed by atoms with Gasteiger partial charge in [0, 0.05) is 57.2 Å². The van der Waals surface area contributed by atoms with Crippen LogP contribution in [0.15, 0.2) is 23.9 Å². The van der Waals surface area contributed by atoms with Crippen molar-refractivity contribution in [3.8, 4) is 0 Å². The molecule has 258 valence electrons. The first-order valence-electron chi connectivity index (χ1n) is 15.8. The van der Waals surface area contributed by atoms with E-state index in [1.807, 2.05) is 30.9 Å². The largest absolute Gasteiger partial charge is 0.468 e. The third-order valence-electron chi connectivity index (χ3n) is 7.08. The number of rotatable bonds is 20. The fourth-order valence-corrected chi connectivity index (χ4v) is 4.66. The summed E-state index contributed by atoms with van der Waals surface area (Å²) in [5.41, 5.74) is 0.958. The molecule has 0 aromatic rings. The number of hydrogen-bond donors (Lipinski definition) is 5. The molecule has 46 heavy (non-hydrogen) atoms. The Labute approximate surface area is 271 Å². The van der Waals surface area contributed by atoms with E-state index in [-0.39, 0.29) is 50.3 Å². The first-order chi connectivity index (χ1) is 22.0. The Morgan fingerprint density at radius 2 is 1.30 bits per heavy atom. The van der Waals surface area contributed by atoms with Crippen LogP contribution < -0.4 is 26.6 Å².